The Morgan fingerprint density at radius 3 is 2.54 bits per heavy atom. The Kier molecular flexibility index (Phi) is 7.35. The van der Waals surface area contributed by atoms with Gasteiger partial charge < -0.3 is 16.0 Å². The number of aromatic nitrogens is 1. The van der Waals surface area contributed by atoms with Crippen LogP contribution in [0.3, 0.4) is 0 Å². The van der Waals surface area contributed by atoms with Crippen molar-refractivity contribution in [2.75, 3.05) is 18.9 Å². The Bertz CT molecular complexity index is 563. The molecule has 0 aromatic carbocycles. The third-order valence-corrected chi connectivity index (χ3v) is 4.67. The Hall–Kier alpha value is -1.47. The van der Waals surface area contributed by atoms with Gasteiger partial charge in [-0.3, -0.25) is 9.59 Å². The summed E-state index contributed by atoms with van der Waals surface area (Å²) in [4.78, 5) is 30.2. The SMILES string of the molecule is CC(C)C(N)CCN(C)C(=O)Cc1csc(NC(=O)C(C)(C)C)n1. The maximum absolute atomic E-state index is 12.2. The quantitative estimate of drug-likeness (QED) is 0.787. The van der Waals surface area contributed by atoms with E-state index in [4.69, 9.17) is 5.73 Å². The monoisotopic (exact) mass is 354 g/mol. The molecule has 0 aliphatic heterocycles. The van der Waals surface area contributed by atoms with E-state index in [9.17, 15) is 9.59 Å². The summed E-state index contributed by atoms with van der Waals surface area (Å²) in [5.74, 6) is 0.320. The maximum Gasteiger partial charge on any atom is 0.231 e. The van der Waals surface area contributed by atoms with Gasteiger partial charge in [0.2, 0.25) is 11.8 Å². The van der Waals surface area contributed by atoms with Gasteiger partial charge >= 0.3 is 0 Å². The van der Waals surface area contributed by atoms with Crippen LogP contribution in [-0.4, -0.2) is 41.3 Å². The molecule has 1 heterocycles. The molecule has 1 aromatic heterocycles. The van der Waals surface area contributed by atoms with Crippen molar-refractivity contribution in [3.63, 3.8) is 0 Å². The lowest BCUT2D eigenvalue weighted by Gasteiger charge is -2.21. The van der Waals surface area contributed by atoms with Crippen molar-refractivity contribution in [2.24, 2.45) is 17.1 Å². The number of hydrogen-bond acceptors (Lipinski definition) is 5. The van der Waals surface area contributed by atoms with Crippen molar-refractivity contribution in [2.45, 2.75) is 53.5 Å². The van der Waals surface area contributed by atoms with Crippen molar-refractivity contribution < 1.29 is 9.59 Å². The van der Waals surface area contributed by atoms with Crippen molar-refractivity contribution in [1.82, 2.24) is 9.88 Å². The molecule has 136 valence electrons. The van der Waals surface area contributed by atoms with Gasteiger partial charge in [0.05, 0.1) is 12.1 Å². The molecule has 6 nitrogen and oxygen atoms in total. The lowest BCUT2D eigenvalue weighted by atomic mass is 9.96. The first-order valence-corrected chi connectivity index (χ1v) is 9.14. The number of amides is 2. The summed E-state index contributed by atoms with van der Waals surface area (Å²) < 4.78 is 0. The summed E-state index contributed by atoms with van der Waals surface area (Å²) in [7, 11) is 1.78. The zero-order valence-corrected chi connectivity index (χ0v) is 16.4. The van der Waals surface area contributed by atoms with Gasteiger partial charge in [0.25, 0.3) is 0 Å². The van der Waals surface area contributed by atoms with E-state index < -0.39 is 5.41 Å². The first-order valence-electron chi connectivity index (χ1n) is 8.26. The normalized spacial score (nSPS) is 13.0. The maximum atomic E-state index is 12.2. The zero-order valence-electron chi connectivity index (χ0n) is 15.5. The van der Waals surface area contributed by atoms with Gasteiger partial charge in [-0.05, 0) is 12.3 Å². The first kappa shape index (κ1) is 20.6. The molecule has 0 aliphatic rings. The standard InChI is InChI=1S/C17H30N4O2S/c1-11(2)13(18)7-8-21(6)14(22)9-12-10-24-16(19-12)20-15(23)17(3,4)5/h10-11,13H,7-9,18H2,1-6H3,(H,19,20,23). The molecule has 1 unspecified atom stereocenters. The van der Waals surface area contributed by atoms with Gasteiger partial charge in [-0.25, -0.2) is 4.98 Å². The lowest BCUT2D eigenvalue weighted by Crippen LogP contribution is -2.35. The summed E-state index contributed by atoms with van der Waals surface area (Å²) in [6, 6.07) is 0.0961. The minimum absolute atomic E-state index is 0.00459. The molecule has 1 aromatic rings. The number of thiazole rings is 1. The molecule has 0 saturated heterocycles. The minimum Gasteiger partial charge on any atom is -0.345 e. The van der Waals surface area contributed by atoms with Crippen LogP contribution in [0.1, 0.15) is 46.7 Å². The van der Waals surface area contributed by atoms with E-state index >= 15 is 0 Å². The van der Waals surface area contributed by atoms with Crippen LogP contribution in [-0.2, 0) is 16.0 Å². The molecule has 0 fully saturated rings. The third-order valence-electron chi connectivity index (χ3n) is 3.87. The number of rotatable bonds is 7. The van der Waals surface area contributed by atoms with E-state index in [1.54, 1.807) is 11.9 Å². The second-order valence-corrected chi connectivity index (χ2v) is 8.39. The largest absolute Gasteiger partial charge is 0.345 e. The van der Waals surface area contributed by atoms with Crippen LogP contribution in [0.25, 0.3) is 0 Å². The van der Waals surface area contributed by atoms with E-state index in [1.807, 2.05) is 26.2 Å². The fraction of sp³-hybridized carbons (Fsp3) is 0.706. The van der Waals surface area contributed by atoms with E-state index in [2.05, 4.69) is 24.1 Å². The molecular formula is C17H30N4O2S. The smallest absolute Gasteiger partial charge is 0.231 e. The highest BCUT2D eigenvalue weighted by molar-refractivity contribution is 7.13. The fourth-order valence-corrected chi connectivity index (χ4v) is 2.53. The summed E-state index contributed by atoms with van der Waals surface area (Å²) in [5, 5.41) is 5.12. The lowest BCUT2D eigenvalue weighted by molar-refractivity contribution is -0.129. The van der Waals surface area contributed by atoms with Gasteiger partial charge in [0, 0.05) is 30.4 Å². The number of likely N-dealkylation sites (N-methyl/N-ethyl adjacent to an activating group) is 1. The van der Waals surface area contributed by atoms with Crippen molar-refractivity contribution in [3.05, 3.63) is 11.1 Å². The van der Waals surface area contributed by atoms with Crippen molar-refractivity contribution in [3.8, 4) is 0 Å². The summed E-state index contributed by atoms with van der Waals surface area (Å²) in [5.41, 5.74) is 6.21. The van der Waals surface area contributed by atoms with Gasteiger partial charge in [-0.2, -0.15) is 0 Å². The summed E-state index contributed by atoms with van der Waals surface area (Å²) in [6.07, 6.45) is 1.01. The topological polar surface area (TPSA) is 88.3 Å². The molecule has 1 rings (SSSR count). The van der Waals surface area contributed by atoms with Gasteiger partial charge in [0.15, 0.2) is 5.13 Å². The van der Waals surface area contributed by atoms with Crippen LogP contribution in [0.2, 0.25) is 0 Å². The highest BCUT2D eigenvalue weighted by Crippen LogP contribution is 2.21. The Morgan fingerprint density at radius 2 is 2.00 bits per heavy atom. The van der Waals surface area contributed by atoms with Crippen LogP contribution in [0.5, 0.6) is 0 Å². The molecule has 0 spiro atoms. The van der Waals surface area contributed by atoms with Crippen molar-refractivity contribution in [1.29, 1.82) is 0 Å². The average molecular weight is 355 g/mol. The van der Waals surface area contributed by atoms with Gasteiger partial charge in [0.1, 0.15) is 0 Å². The molecule has 7 heteroatoms. The second kappa shape index (κ2) is 8.58. The molecular weight excluding hydrogens is 324 g/mol. The molecule has 2 amide bonds. The molecule has 0 saturated carbocycles. The van der Waals surface area contributed by atoms with Crippen LogP contribution < -0.4 is 11.1 Å². The second-order valence-electron chi connectivity index (χ2n) is 7.54. The number of nitrogens with one attached hydrogen (secondary N) is 1. The van der Waals surface area contributed by atoms with E-state index in [0.29, 0.717) is 23.3 Å². The number of anilines is 1. The summed E-state index contributed by atoms with van der Waals surface area (Å²) in [6.45, 7) is 10.3. The third kappa shape index (κ3) is 6.57. The predicted molar refractivity (Wildman–Crippen MR) is 99.0 cm³/mol. The molecule has 0 radical (unpaired) electrons. The Morgan fingerprint density at radius 1 is 1.38 bits per heavy atom. The van der Waals surface area contributed by atoms with Gasteiger partial charge in [-0.15, -0.1) is 11.3 Å². The Balaban J connectivity index is 2.52. The van der Waals surface area contributed by atoms with Gasteiger partial charge in [-0.1, -0.05) is 34.6 Å². The number of nitrogens with two attached hydrogens (primary N) is 1. The predicted octanol–water partition coefficient (Wildman–Crippen LogP) is 2.50. The highest BCUT2D eigenvalue weighted by Gasteiger charge is 2.22. The van der Waals surface area contributed by atoms with Crippen LogP contribution in [0.15, 0.2) is 5.38 Å². The fourth-order valence-electron chi connectivity index (χ4n) is 1.82. The van der Waals surface area contributed by atoms with Crippen LogP contribution in [0, 0.1) is 11.3 Å². The number of carbonyl (C=O) groups is 2. The molecule has 0 bridgehead atoms. The number of hydrogen-bond donors (Lipinski definition) is 2. The first-order chi connectivity index (χ1) is 11.0. The molecule has 1 atom stereocenters. The minimum atomic E-state index is -0.475. The molecule has 0 aliphatic carbocycles. The zero-order chi connectivity index (χ0) is 18.5. The molecule has 24 heavy (non-hydrogen) atoms. The average Bonchev–Trinajstić information content (AvgIpc) is 2.90. The summed E-state index contributed by atoms with van der Waals surface area (Å²) >= 11 is 1.34. The van der Waals surface area contributed by atoms with E-state index in [1.165, 1.54) is 11.3 Å². The van der Waals surface area contributed by atoms with E-state index in [0.717, 1.165) is 6.42 Å². The van der Waals surface area contributed by atoms with Crippen LogP contribution in [0.4, 0.5) is 5.13 Å². The Labute approximate surface area is 148 Å². The van der Waals surface area contributed by atoms with Crippen molar-refractivity contribution >= 4 is 28.3 Å². The highest BCUT2D eigenvalue weighted by atomic mass is 32.1. The number of nitrogens with zero attached hydrogens (tertiary/aromatic N) is 2. The van der Waals surface area contributed by atoms with Crippen LogP contribution >= 0.6 is 11.3 Å². The molecule has 3 N–H and O–H groups in total. The number of carbonyl (C=O) groups excluding carboxylic acids is 2. The van der Waals surface area contributed by atoms with E-state index in [-0.39, 0.29) is 24.3 Å².